The minimum atomic E-state index is -0.538. The number of thiazole rings is 1. The predicted molar refractivity (Wildman–Crippen MR) is 133 cm³/mol. The van der Waals surface area contributed by atoms with Crippen molar-refractivity contribution in [3.63, 3.8) is 0 Å². The van der Waals surface area contributed by atoms with Gasteiger partial charge in [0.2, 0.25) is 5.78 Å². The lowest BCUT2D eigenvalue weighted by atomic mass is 9.83. The van der Waals surface area contributed by atoms with Crippen LogP contribution >= 0.6 is 11.3 Å². The number of fused-ring (bicyclic) bond motifs is 3. The number of ether oxygens (including phenoxy) is 1. The molecule has 0 saturated carbocycles. The van der Waals surface area contributed by atoms with Crippen LogP contribution in [0.25, 0.3) is 0 Å². The van der Waals surface area contributed by atoms with E-state index in [1.54, 1.807) is 6.20 Å². The first-order valence-electron chi connectivity index (χ1n) is 11.9. The highest BCUT2D eigenvalue weighted by molar-refractivity contribution is 7.11. The molecule has 4 heterocycles. The Morgan fingerprint density at radius 2 is 1.76 bits per heavy atom. The molecule has 0 spiro atoms. The van der Waals surface area contributed by atoms with Crippen LogP contribution in [0.4, 0.5) is 5.69 Å². The monoisotopic (exact) mass is 476 g/mol. The number of carbonyl (C=O) groups is 2. The Morgan fingerprint density at radius 1 is 1.09 bits per heavy atom. The van der Waals surface area contributed by atoms with Gasteiger partial charge in [-0.1, -0.05) is 48.5 Å². The van der Waals surface area contributed by atoms with Gasteiger partial charge < -0.3 is 14.1 Å². The molecule has 1 unspecified atom stereocenters. The summed E-state index contributed by atoms with van der Waals surface area (Å²) < 4.78 is 6.95. The maximum atomic E-state index is 13.7. The molecule has 0 amide bonds. The normalized spacial score (nSPS) is 24.4. The number of ketones is 1. The van der Waals surface area contributed by atoms with E-state index in [1.807, 2.05) is 78.0 Å². The molecule has 2 bridgehead atoms. The number of benzene rings is 2. The topological polar surface area (TPSA) is 59.5 Å². The van der Waals surface area contributed by atoms with Crippen LogP contribution in [0.15, 0.2) is 72.2 Å². The number of quaternary nitrogens is 1. The van der Waals surface area contributed by atoms with Crippen LogP contribution in [-0.4, -0.2) is 60.6 Å². The maximum absolute atomic E-state index is 13.7. The summed E-state index contributed by atoms with van der Waals surface area (Å²) in [6, 6.07) is 19.2. The highest BCUT2D eigenvalue weighted by Crippen LogP contribution is 2.37. The van der Waals surface area contributed by atoms with Gasteiger partial charge in [-0.2, -0.15) is 0 Å². The van der Waals surface area contributed by atoms with E-state index in [1.165, 1.54) is 11.3 Å². The van der Waals surface area contributed by atoms with Crippen molar-refractivity contribution in [3.8, 4) is 0 Å². The third-order valence-corrected chi connectivity index (χ3v) is 8.16. The molecule has 3 aliphatic rings. The van der Waals surface area contributed by atoms with Crippen molar-refractivity contribution >= 4 is 28.8 Å². The molecule has 3 aromatic rings. The van der Waals surface area contributed by atoms with E-state index in [4.69, 9.17) is 4.74 Å². The molecule has 1 aromatic heterocycles. The van der Waals surface area contributed by atoms with Gasteiger partial charge in [-0.3, -0.25) is 4.79 Å². The second-order valence-corrected chi connectivity index (χ2v) is 10.4. The number of Topliss-reactive ketones (excluding diaryl/α,β-unsaturated/α-hetero) is 1. The van der Waals surface area contributed by atoms with Crippen molar-refractivity contribution in [3.05, 3.63) is 82.8 Å². The van der Waals surface area contributed by atoms with E-state index in [0.717, 1.165) is 37.2 Å². The number of nitrogens with zero attached hydrogens (tertiary/aromatic N) is 3. The molecule has 2 atom stereocenters. The fraction of sp³-hybridized carbons (Fsp3) is 0.370. The maximum Gasteiger partial charge on any atom is 0.333 e. The molecule has 0 aliphatic carbocycles. The van der Waals surface area contributed by atoms with E-state index in [-0.39, 0.29) is 17.9 Å². The van der Waals surface area contributed by atoms with Crippen molar-refractivity contribution in [1.82, 2.24) is 4.98 Å². The average molecular weight is 477 g/mol. The number of anilines is 1. The van der Waals surface area contributed by atoms with Gasteiger partial charge in [0, 0.05) is 43.1 Å². The number of piperidine rings is 3. The number of hydrogen-bond donors (Lipinski definition) is 0. The van der Waals surface area contributed by atoms with Crippen LogP contribution in [-0.2, 0) is 9.53 Å². The standard InChI is InChI=1S/C27H30N3O3S/c1-29(22-10-6-3-7-11-22)25(21-8-4-2-5-9-21)27(32)33-24-19-30(15-12-20(24)13-16-30)18-23(31)26-28-14-17-34-26/h2-11,14,17,20,24-25H,12-13,15-16,18-19H2,1H3/q+1/t20?,24-,25?,30?/m0/s1. The molecular weight excluding hydrogens is 446 g/mol. The molecular formula is C27H30N3O3S+. The Morgan fingerprint density at radius 3 is 2.41 bits per heavy atom. The molecule has 3 saturated heterocycles. The number of likely N-dealkylation sites (N-methyl/N-ethyl adjacent to an activating group) is 1. The first-order valence-corrected chi connectivity index (χ1v) is 12.7. The fourth-order valence-corrected chi connectivity index (χ4v) is 6.06. The molecule has 176 valence electrons. The van der Waals surface area contributed by atoms with Gasteiger partial charge in [0.1, 0.15) is 13.1 Å². The van der Waals surface area contributed by atoms with E-state index in [2.05, 4.69) is 4.98 Å². The van der Waals surface area contributed by atoms with Crippen molar-refractivity contribution in [1.29, 1.82) is 0 Å². The lowest BCUT2D eigenvalue weighted by Gasteiger charge is -2.51. The summed E-state index contributed by atoms with van der Waals surface area (Å²) in [6.45, 7) is 3.05. The van der Waals surface area contributed by atoms with E-state index in [9.17, 15) is 9.59 Å². The van der Waals surface area contributed by atoms with Crippen LogP contribution in [0, 0.1) is 5.92 Å². The average Bonchev–Trinajstić information content (AvgIpc) is 3.41. The van der Waals surface area contributed by atoms with Gasteiger partial charge in [-0.25, -0.2) is 9.78 Å². The SMILES string of the molecule is CN(c1ccccc1)C(C(=O)O[C@H]1C[N+]2(CC(=O)c3nccs3)CCC1CC2)c1ccccc1. The number of rotatable bonds is 8. The predicted octanol–water partition coefficient (Wildman–Crippen LogP) is 4.36. The van der Waals surface area contributed by atoms with Gasteiger partial charge in [-0.15, -0.1) is 11.3 Å². The minimum Gasteiger partial charge on any atom is -0.454 e. The summed E-state index contributed by atoms with van der Waals surface area (Å²) in [5.74, 6) is 0.212. The molecule has 0 radical (unpaired) electrons. The molecule has 2 aromatic carbocycles. The number of hydrogen-bond acceptors (Lipinski definition) is 6. The highest BCUT2D eigenvalue weighted by atomic mass is 32.1. The molecule has 6 nitrogen and oxygen atoms in total. The van der Waals surface area contributed by atoms with Gasteiger partial charge in [0.05, 0.1) is 13.1 Å². The third kappa shape index (κ3) is 4.63. The summed E-state index contributed by atoms with van der Waals surface area (Å²) >= 11 is 1.39. The number of esters is 1. The largest absolute Gasteiger partial charge is 0.454 e. The van der Waals surface area contributed by atoms with Crippen molar-refractivity contribution in [2.75, 3.05) is 38.1 Å². The first kappa shape index (κ1) is 22.7. The Bertz CT molecular complexity index is 1110. The lowest BCUT2D eigenvalue weighted by molar-refractivity contribution is -0.938. The highest BCUT2D eigenvalue weighted by Gasteiger charge is 2.49. The second kappa shape index (κ2) is 9.68. The smallest absolute Gasteiger partial charge is 0.333 e. The molecule has 34 heavy (non-hydrogen) atoms. The minimum absolute atomic E-state index is 0.0893. The summed E-state index contributed by atoms with van der Waals surface area (Å²) in [5.41, 5.74) is 1.86. The molecule has 7 heteroatoms. The lowest BCUT2D eigenvalue weighted by Crippen LogP contribution is -2.65. The summed E-state index contributed by atoms with van der Waals surface area (Å²) in [7, 11) is 1.94. The van der Waals surface area contributed by atoms with Crippen LogP contribution in [0.5, 0.6) is 0 Å². The Kier molecular flexibility index (Phi) is 6.48. The van der Waals surface area contributed by atoms with Crippen LogP contribution in [0.1, 0.15) is 34.2 Å². The zero-order chi connectivity index (χ0) is 23.5. The second-order valence-electron chi connectivity index (χ2n) is 9.46. The summed E-state index contributed by atoms with van der Waals surface area (Å²) in [4.78, 5) is 32.7. The van der Waals surface area contributed by atoms with E-state index < -0.39 is 6.04 Å². The molecule has 0 N–H and O–H groups in total. The molecule has 3 fully saturated rings. The Hall–Kier alpha value is -3.03. The van der Waals surface area contributed by atoms with Crippen LogP contribution < -0.4 is 4.90 Å². The van der Waals surface area contributed by atoms with E-state index in [0.29, 0.717) is 28.5 Å². The van der Waals surface area contributed by atoms with Gasteiger partial charge in [-0.05, 0) is 17.7 Å². The van der Waals surface area contributed by atoms with Gasteiger partial charge in [0.25, 0.3) is 0 Å². The van der Waals surface area contributed by atoms with Gasteiger partial charge >= 0.3 is 5.97 Å². The molecule has 3 aliphatic heterocycles. The molecule has 6 rings (SSSR count). The van der Waals surface area contributed by atoms with Crippen LogP contribution in [0.2, 0.25) is 0 Å². The Labute approximate surface area is 204 Å². The third-order valence-electron chi connectivity index (χ3n) is 7.35. The first-order chi connectivity index (χ1) is 16.5. The zero-order valence-electron chi connectivity index (χ0n) is 19.4. The zero-order valence-corrected chi connectivity index (χ0v) is 20.2. The Balaban J connectivity index is 1.34. The van der Waals surface area contributed by atoms with Crippen molar-refractivity contribution < 1.29 is 18.8 Å². The van der Waals surface area contributed by atoms with Crippen molar-refractivity contribution in [2.45, 2.75) is 25.0 Å². The van der Waals surface area contributed by atoms with E-state index >= 15 is 0 Å². The number of carbonyl (C=O) groups excluding carboxylic acids is 2. The van der Waals surface area contributed by atoms with Crippen LogP contribution in [0.3, 0.4) is 0 Å². The quantitative estimate of drug-likeness (QED) is 0.275. The number of aromatic nitrogens is 1. The fourth-order valence-electron chi connectivity index (χ4n) is 5.49. The van der Waals surface area contributed by atoms with Gasteiger partial charge in [0.15, 0.2) is 17.2 Å². The number of para-hydroxylation sites is 1. The summed E-state index contributed by atoms with van der Waals surface area (Å²) in [5, 5.41) is 2.41. The summed E-state index contributed by atoms with van der Waals surface area (Å²) in [6.07, 6.45) is 3.47. The van der Waals surface area contributed by atoms with Crippen molar-refractivity contribution in [2.24, 2.45) is 5.92 Å².